The first-order valence-corrected chi connectivity index (χ1v) is 13.7. The summed E-state index contributed by atoms with van der Waals surface area (Å²) >= 11 is 0. The van der Waals surface area contributed by atoms with Crippen molar-refractivity contribution in [3.8, 4) is 11.5 Å². The molecule has 0 fully saturated rings. The van der Waals surface area contributed by atoms with Crippen molar-refractivity contribution in [1.82, 2.24) is 9.80 Å². The molecule has 1 aliphatic rings. The van der Waals surface area contributed by atoms with Crippen molar-refractivity contribution in [2.45, 2.75) is 26.0 Å². The maximum Gasteiger partial charge on any atom is 0.323 e. The molecule has 42 heavy (non-hydrogen) atoms. The van der Waals surface area contributed by atoms with Crippen molar-refractivity contribution in [3.05, 3.63) is 78.4 Å². The molecule has 4 N–H and O–H groups in total. The van der Waals surface area contributed by atoms with Gasteiger partial charge in [-0.1, -0.05) is 31.2 Å². The molecule has 0 bridgehead atoms. The quantitative estimate of drug-likeness (QED) is 0.307. The Kier molecular flexibility index (Phi) is 9.87. The van der Waals surface area contributed by atoms with Crippen molar-refractivity contribution in [2.24, 2.45) is 5.92 Å². The number of urea groups is 2. The van der Waals surface area contributed by atoms with E-state index in [1.165, 1.54) is 4.90 Å². The van der Waals surface area contributed by atoms with E-state index in [9.17, 15) is 19.5 Å². The second-order valence-corrected chi connectivity index (χ2v) is 10.3. The fourth-order valence-corrected chi connectivity index (χ4v) is 4.61. The molecule has 3 atom stereocenters. The number of aliphatic hydroxyl groups is 1. The van der Waals surface area contributed by atoms with Crippen molar-refractivity contribution >= 4 is 35.0 Å². The molecule has 4 rings (SSSR count). The van der Waals surface area contributed by atoms with Gasteiger partial charge in [-0.2, -0.15) is 0 Å². The van der Waals surface area contributed by atoms with Crippen LogP contribution in [0.15, 0.2) is 72.8 Å². The van der Waals surface area contributed by atoms with Crippen LogP contribution in [0, 0.1) is 5.92 Å². The summed E-state index contributed by atoms with van der Waals surface area (Å²) in [6.45, 7) is 3.95. The zero-order valence-corrected chi connectivity index (χ0v) is 24.2. The number of hydrogen-bond donors (Lipinski definition) is 4. The Hall–Kier alpha value is -4.77. The van der Waals surface area contributed by atoms with E-state index in [0.29, 0.717) is 29.4 Å². The molecule has 5 amide bonds. The van der Waals surface area contributed by atoms with Crippen molar-refractivity contribution in [2.75, 3.05) is 49.8 Å². The van der Waals surface area contributed by atoms with Gasteiger partial charge in [0.1, 0.15) is 11.9 Å². The molecule has 3 aromatic rings. The minimum Gasteiger partial charge on any atom is -0.497 e. The summed E-state index contributed by atoms with van der Waals surface area (Å²) in [4.78, 5) is 42.7. The Balaban J connectivity index is 1.60. The molecule has 1 heterocycles. The lowest BCUT2D eigenvalue weighted by molar-refractivity contribution is 0.0373. The Morgan fingerprint density at radius 1 is 1.02 bits per heavy atom. The minimum absolute atomic E-state index is 0.183. The number of rotatable bonds is 8. The van der Waals surface area contributed by atoms with E-state index in [2.05, 4.69) is 16.0 Å². The van der Waals surface area contributed by atoms with Gasteiger partial charge in [-0.25, -0.2) is 9.59 Å². The van der Waals surface area contributed by atoms with E-state index < -0.39 is 18.2 Å². The van der Waals surface area contributed by atoms with Crippen LogP contribution < -0.4 is 25.4 Å². The SMILES string of the molecule is COc1ccc(NC(=O)N(C)C[C@H]2Oc3c(NC(=O)Nc4ccccc4)cccc3C(=O)N([C@H](C)CO)C[C@H]2C)cc1. The third kappa shape index (κ3) is 7.29. The minimum atomic E-state index is -0.558. The molecule has 3 aromatic carbocycles. The second-order valence-electron chi connectivity index (χ2n) is 10.3. The Labute approximate surface area is 245 Å². The zero-order chi connectivity index (χ0) is 30.2. The number of likely N-dealkylation sites (N-methyl/N-ethyl adjacent to an activating group) is 1. The standard InChI is InChI=1S/C31H37N5O6/c1-20-17-36(21(2)19-37)29(38)25-11-8-12-26(34-30(39)32-22-9-6-5-7-10-22)28(25)42-27(20)18-35(3)31(40)33-23-13-15-24(41-4)16-14-23/h5-16,20-21,27,37H,17-19H2,1-4H3,(H,33,40)(H2,32,34,39)/t20-,21-,27-/m1/s1. The van der Waals surface area contributed by atoms with Crippen molar-refractivity contribution in [3.63, 3.8) is 0 Å². The molecular weight excluding hydrogens is 538 g/mol. The van der Waals surface area contributed by atoms with Gasteiger partial charge in [0.2, 0.25) is 0 Å². The van der Waals surface area contributed by atoms with Crippen LogP contribution in [0.4, 0.5) is 26.7 Å². The molecule has 0 saturated carbocycles. The van der Waals surface area contributed by atoms with Gasteiger partial charge in [0.25, 0.3) is 5.91 Å². The number of fused-ring (bicyclic) bond motifs is 1. The fourth-order valence-electron chi connectivity index (χ4n) is 4.61. The smallest absolute Gasteiger partial charge is 0.323 e. The molecule has 0 unspecified atom stereocenters. The lowest BCUT2D eigenvalue weighted by atomic mass is 9.99. The lowest BCUT2D eigenvalue weighted by Gasteiger charge is -2.38. The van der Waals surface area contributed by atoms with Gasteiger partial charge in [-0.15, -0.1) is 0 Å². The van der Waals surface area contributed by atoms with Crippen LogP contribution in [0.2, 0.25) is 0 Å². The van der Waals surface area contributed by atoms with Crippen molar-refractivity contribution < 1.29 is 29.0 Å². The Morgan fingerprint density at radius 2 is 1.71 bits per heavy atom. The third-order valence-corrected chi connectivity index (χ3v) is 7.11. The molecule has 11 heteroatoms. The summed E-state index contributed by atoms with van der Waals surface area (Å²) in [6, 6.07) is 19.6. The molecule has 0 aromatic heterocycles. The first-order valence-electron chi connectivity index (χ1n) is 13.7. The molecule has 222 valence electrons. The van der Waals surface area contributed by atoms with Gasteiger partial charge in [0.15, 0.2) is 5.75 Å². The highest BCUT2D eigenvalue weighted by Crippen LogP contribution is 2.35. The van der Waals surface area contributed by atoms with E-state index >= 15 is 0 Å². The van der Waals surface area contributed by atoms with Crippen LogP contribution in [-0.4, -0.2) is 78.9 Å². The number of para-hydroxylation sites is 2. The number of methoxy groups -OCH3 is 1. The average molecular weight is 576 g/mol. The van der Waals surface area contributed by atoms with E-state index in [1.54, 1.807) is 92.7 Å². The van der Waals surface area contributed by atoms with Gasteiger partial charge >= 0.3 is 12.1 Å². The van der Waals surface area contributed by atoms with Gasteiger partial charge in [-0.05, 0) is 55.5 Å². The van der Waals surface area contributed by atoms with Crippen LogP contribution in [0.3, 0.4) is 0 Å². The van der Waals surface area contributed by atoms with Crippen LogP contribution in [0.1, 0.15) is 24.2 Å². The predicted molar refractivity (Wildman–Crippen MR) is 161 cm³/mol. The molecular formula is C31H37N5O6. The summed E-state index contributed by atoms with van der Waals surface area (Å²) in [5.74, 6) is 0.310. The topological polar surface area (TPSA) is 132 Å². The van der Waals surface area contributed by atoms with E-state index in [4.69, 9.17) is 9.47 Å². The van der Waals surface area contributed by atoms with Gasteiger partial charge in [0.05, 0.1) is 37.6 Å². The number of nitrogens with one attached hydrogen (secondary N) is 3. The number of hydrogen-bond acceptors (Lipinski definition) is 6. The Bertz CT molecular complexity index is 1380. The van der Waals surface area contributed by atoms with Crippen molar-refractivity contribution in [1.29, 1.82) is 0 Å². The number of ether oxygens (including phenoxy) is 2. The van der Waals surface area contributed by atoms with Gasteiger partial charge < -0.3 is 40.3 Å². The van der Waals surface area contributed by atoms with E-state index in [0.717, 1.165) is 0 Å². The summed E-state index contributed by atoms with van der Waals surface area (Å²) < 4.78 is 11.6. The first-order chi connectivity index (χ1) is 20.2. The number of benzene rings is 3. The first kappa shape index (κ1) is 30.2. The van der Waals surface area contributed by atoms with Gasteiger partial charge in [-0.3, -0.25) is 4.79 Å². The number of anilines is 3. The average Bonchev–Trinajstić information content (AvgIpc) is 2.99. The number of amides is 5. The molecule has 1 aliphatic heterocycles. The molecule has 0 saturated heterocycles. The fraction of sp³-hybridized carbons (Fsp3) is 0.323. The Morgan fingerprint density at radius 3 is 2.38 bits per heavy atom. The number of carbonyl (C=O) groups is 3. The number of aliphatic hydroxyl groups excluding tert-OH is 1. The largest absolute Gasteiger partial charge is 0.497 e. The molecule has 0 radical (unpaired) electrons. The van der Waals surface area contributed by atoms with Crippen LogP contribution in [0.25, 0.3) is 0 Å². The number of nitrogens with zero attached hydrogens (tertiary/aromatic N) is 2. The molecule has 0 aliphatic carbocycles. The van der Waals surface area contributed by atoms with Gasteiger partial charge in [0, 0.05) is 30.9 Å². The molecule has 11 nitrogen and oxygen atoms in total. The van der Waals surface area contributed by atoms with Crippen LogP contribution in [-0.2, 0) is 0 Å². The summed E-state index contributed by atoms with van der Waals surface area (Å²) in [5.41, 5.74) is 1.75. The molecule has 0 spiro atoms. The highest BCUT2D eigenvalue weighted by molar-refractivity contribution is 6.04. The zero-order valence-electron chi connectivity index (χ0n) is 24.2. The van der Waals surface area contributed by atoms with Crippen LogP contribution >= 0.6 is 0 Å². The lowest BCUT2D eigenvalue weighted by Crippen LogP contribution is -2.50. The monoisotopic (exact) mass is 575 g/mol. The van der Waals surface area contributed by atoms with Crippen LogP contribution in [0.5, 0.6) is 11.5 Å². The summed E-state index contributed by atoms with van der Waals surface area (Å²) in [5, 5.41) is 18.3. The van der Waals surface area contributed by atoms with E-state index in [1.807, 2.05) is 13.0 Å². The third-order valence-electron chi connectivity index (χ3n) is 7.11. The second kappa shape index (κ2) is 13.7. The normalized spacial score (nSPS) is 17.1. The summed E-state index contributed by atoms with van der Waals surface area (Å²) in [6.07, 6.45) is -0.558. The maximum atomic E-state index is 13.7. The van der Waals surface area contributed by atoms with E-state index in [-0.39, 0.29) is 42.3 Å². The maximum absolute atomic E-state index is 13.7. The highest BCUT2D eigenvalue weighted by atomic mass is 16.5. The number of carbonyl (C=O) groups excluding carboxylic acids is 3. The predicted octanol–water partition coefficient (Wildman–Crippen LogP) is 4.72. The summed E-state index contributed by atoms with van der Waals surface area (Å²) in [7, 11) is 3.23. The highest BCUT2D eigenvalue weighted by Gasteiger charge is 2.35.